The Morgan fingerprint density at radius 3 is 2.54 bits per heavy atom. The molecule has 13 heavy (non-hydrogen) atoms. The van der Waals surface area contributed by atoms with Gasteiger partial charge in [0.15, 0.2) is 0 Å². The van der Waals surface area contributed by atoms with Crippen LogP contribution in [0.25, 0.3) is 0 Å². The maximum absolute atomic E-state index is 11.3. The highest BCUT2D eigenvalue weighted by Gasteiger charge is 2.28. The van der Waals surface area contributed by atoms with Crippen molar-refractivity contribution in [3.63, 3.8) is 0 Å². The highest BCUT2D eigenvalue weighted by Crippen LogP contribution is 2.29. The van der Waals surface area contributed by atoms with Gasteiger partial charge in [-0.1, -0.05) is 27.2 Å². The zero-order valence-electron chi connectivity index (χ0n) is 8.97. The first-order valence-corrected chi connectivity index (χ1v) is 5.41. The molecule has 1 amide bonds. The predicted molar refractivity (Wildman–Crippen MR) is 54.4 cm³/mol. The monoisotopic (exact) mass is 183 g/mol. The molecule has 76 valence electrons. The van der Waals surface area contributed by atoms with Crippen molar-refractivity contribution in [2.24, 2.45) is 11.8 Å². The van der Waals surface area contributed by atoms with E-state index in [4.69, 9.17) is 0 Å². The van der Waals surface area contributed by atoms with Crippen LogP contribution in [0.2, 0.25) is 0 Å². The minimum atomic E-state index is 0.231. The van der Waals surface area contributed by atoms with Crippen LogP contribution in [0.5, 0.6) is 0 Å². The molecule has 0 bridgehead atoms. The van der Waals surface area contributed by atoms with Gasteiger partial charge in [-0.15, -0.1) is 0 Å². The summed E-state index contributed by atoms with van der Waals surface area (Å²) in [5.74, 6) is 1.57. The molecule has 0 aromatic heterocycles. The summed E-state index contributed by atoms with van der Waals surface area (Å²) < 4.78 is 0. The molecule has 0 unspecified atom stereocenters. The van der Waals surface area contributed by atoms with Crippen LogP contribution in [0.1, 0.15) is 46.5 Å². The van der Waals surface area contributed by atoms with E-state index in [-0.39, 0.29) is 5.91 Å². The molecular formula is C11H21NO. The predicted octanol–water partition coefficient (Wildman–Crippen LogP) is 2.34. The van der Waals surface area contributed by atoms with E-state index in [1.54, 1.807) is 0 Å². The average molecular weight is 183 g/mol. The lowest BCUT2D eigenvalue weighted by Gasteiger charge is -2.35. The second-order valence-electron chi connectivity index (χ2n) is 4.61. The number of hydrogen-bond acceptors (Lipinski definition) is 1. The molecule has 0 atom stereocenters. The van der Waals surface area contributed by atoms with Gasteiger partial charge in [-0.25, -0.2) is 0 Å². The summed E-state index contributed by atoms with van der Waals surface area (Å²) in [6, 6.07) is 0.483. The normalized spacial score (nSPS) is 27.1. The maximum atomic E-state index is 11.3. The standard InChI is InChI=1S/C11H21NO/c1-4-9-6-10(7-9)12-11(13)5-8(2)3/h8-10H,4-7H2,1-3H3,(H,12,13)/t9-,10-. The molecule has 0 radical (unpaired) electrons. The van der Waals surface area contributed by atoms with Crippen molar-refractivity contribution in [2.45, 2.75) is 52.5 Å². The SMILES string of the molecule is CC[C@H]1C[C@H](NC(=O)CC(C)C)C1. The van der Waals surface area contributed by atoms with E-state index in [1.165, 1.54) is 19.3 Å². The van der Waals surface area contributed by atoms with E-state index >= 15 is 0 Å². The molecule has 1 aliphatic carbocycles. The Labute approximate surface area is 81.1 Å². The van der Waals surface area contributed by atoms with Crippen LogP contribution in [0.4, 0.5) is 0 Å². The Morgan fingerprint density at radius 1 is 1.46 bits per heavy atom. The van der Waals surface area contributed by atoms with Crippen molar-refractivity contribution in [2.75, 3.05) is 0 Å². The fraction of sp³-hybridized carbons (Fsp3) is 0.909. The second-order valence-corrected chi connectivity index (χ2v) is 4.61. The summed E-state index contributed by atoms with van der Waals surface area (Å²) in [6.45, 7) is 6.38. The largest absolute Gasteiger partial charge is 0.353 e. The lowest BCUT2D eigenvalue weighted by molar-refractivity contribution is -0.123. The Balaban J connectivity index is 2.09. The molecule has 0 heterocycles. The van der Waals surface area contributed by atoms with E-state index in [0.717, 1.165) is 5.92 Å². The van der Waals surface area contributed by atoms with Crippen molar-refractivity contribution in [3.8, 4) is 0 Å². The molecule has 0 aliphatic heterocycles. The zero-order chi connectivity index (χ0) is 9.84. The Bertz CT molecular complexity index is 171. The minimum absolute atomic E-state index is 0.231. The van der Waals surface area contributed by atoms with Crippen LogP contribution in [0.3, 0.4) is 0 Å². The van der Waals surface area contributed by atoms with Crippen molar-refractivity contribution in [3.05, 3.63) is 0 Å². The zero-order valence-corrected chi connectivity index (χ0v) is 8.97. The van der Waals surface area contributed by atoms with E-state index < -0.39 is 0 Å². The van der Waals surface area contributed by atoms with Crippen LogP contribution in [-0.4, -0.2) is 11.9 Å². The van der Waals surface area contributed by atoms with Gasteiger partial charge in [-0.3, -0.25) is 4.79 Å². The van der Waals surface area contributed by atoms with E-state index in [9.17, 15) is 4.79 Å². The van der Waals surface area contributed by atoms with Crippen LogP contribution in [0, 0.1) is 11.8 Å². The highest BCUT2D eigenvalue weighted by atomic mass is 16.1. The highest BCUT2D eigenvalue weighted by molar-refractivity contribution is 5.76. The molecule has 2 nitrogen and oxygen atoms in total. The third kappa shape index (κ3) is 3.37. The number of hydrogen-bond donors (Lipinski definition) is 1. The first-order valence-electron chi connectivity index (χ1n) is 5.41. The van der Waals surface area contributed by atoms with E-state index in [2.05, 4.69) is 26.1 Å². The first-order chi connectivity index (χ1) is 6.11. The third-order valence-corrected chi connectivity index (χ3v) is 2.77. The van der Waals surface area contributed by atoms with Gasteiger partial charge in [0.2, 0.25) is 5.91 Å². The minimum Gasteiger partial charge on any atom is -0.353 e. The van der Waals surface area contributed by atoms with Gasteiger partial charge < -0.3 is 5.32 Å². The summed E-state index contributed by atoms with van der Waals surface area (Å²) in [5, 5.41) is 3.07. The smallest absolute Gasteiger partial charge is 0.220 e. The summed E-state index contributed by atoms with van der Waals surface area (Å²) >= 11 is 0. The molecule has 1 saturated carbocycles. The number of rotatable bonds is 4. The summed E-state index contributed by atoms with van der Waals surface area (Å²) in [6.07, 6.45) is 4.32. The van der Waals surface area contributed by atoms with Gasteiger partial charge in [-0.05, 0) is 24.7 Å². The quantitative estimate of drug-likeness (QED) is 0.712. The lowest BCUT2D eigenvalue weighted by Crippen LogP contribution is -2.44. The van der Waals surface area contributed by atoms with Gasteiger partial charge in [0.1, 0.15) is 0 Å². The first kappa shape index (κ1) is 10.6. The molecule has 1 N–H and O–H groups in total. The number of carbonyl (C=O) groups excluding carboxylic acids is 1. The van der Waals surface area contributed by atoms with Gasteiger partial charge >= 0.3 is 0 Å². The van der Waals surface area contributed by atoms with Gasteiger partial charge in [0.25, 0.3) is 0 Å². The molecule has 1 fully saturated rings. The molecule has 1 aliphatic rings. The Kier molecular flexibility index (Phi) is 3.76. The molecular weight excluding hydrogens is 162 g/mol. The van der Waals surface area contributed by atoms with Crippen molar-refractivity contribution in [1.82, 2.24) is 5.32 Å². The molecule has 0 aromatic carbocycles. The van der Waals surface area contributed by atoms with E-state index in [0.29, 0.717) is 18.4 Å². The molecule has 2 heteroatoms. The van der Waals surface area contributed by atoms with Crippen molar-refractivity contribution < 1.29 is 4.79 Å². The summed E-state index contributed by atoms with van der Waals surface area (Å²) in [5.41, 5.74) is 0. The number of nitrogens with one attached hydrogen (secondary N) is 1. The van der Waals surface area contributed by atoms with Gasteiger partial charge in [0.05, 0.1) is 0 Å². The third-order valence-electron chi connectivity index (χ3n) is 2.77. The lowest BCUT2D eigenvalue weighted by atomic mass is 9.78. The van der Waals surface area contributed by atoms with Crippen LogP contribution >= 0.6 is 0 Å². The number of amides is 1. The fourth-order valence-electron chi connectivity index (χ4n) is 1.84. The Morgan fingerprint density at radius 2 is 2.08 bits per heavy atom. The summed E-state index contributed by atoms with van der Waals surface area (Å²) in [7, 11) is 0. The van der Waals surface area contributed by atoms with E-state index in [1.807, 2.05) is 0 Å². The average Bonchev–Trinajstić information content (AvgIpc) is 1.94. The molecule has 1 rings (SSSR count). The van der Waals surface area contributed by atoms with Gasteiger partial charge in [-0.2, -0.15) is 0 Å². The number of carbonyl (C=O) groups is 1. The molecule has 0 spiro atoms. The van der Waals surface area contributed by atoms with Crippen LogP contribution in [-0.2, 0) is 4.79 Å². The van der Waals surface area contributed by atoms with Gasteiger partial charge in [0, 0.05) is 12.5 Å². The fourth-order valence-corrected chi connectivity index (χ4v) is 1.84. The topological polar surface area (TPSA) is 29.1 Å². The summed E-state index contributed by atoms with van der Waals surface area (Å²) in [4.78, 5) is 11.3. The second kappa shape index (κ2) is 4.64. The maximum Gasteiger partial charge on any atom is 0.220 e. The van der Waals surface area contributed by atoms with Crippen molar-refractivity contribution >= 4 is 5.91 Å². The molecule has 0 saturated heterocycles. The van der Waals surface area contributed by atoms with Crippen LogP contribution < -0.4 is 5.32 Å². The Hall–Kier alpha value is -0.530. The molecule has 0 aromatic rings. The van der Waals surface area contributed by atoms with Crippen LogP contribution in [0.15, 0.2) is 0 Å². The van der Waals surface area contributed by atoms with Crippen molar-refractivity contribution in [1.29, 1.82) is 0 Å².